The molecule has 0 aliphatic rings. The molecule has 1 aromatic heterocycles. The molecule has 2 rings (SSSR count). The molecule has 5 heteroatoms. The van der Waals surface area contributed by atoms with E-state index in [-0.39, 0.29) is 5.41 Å². The van der Waals surface area contributed by atoms with Gasteiger partial charge in [-0.2, -0.15) is 0 Å². The molecule has 112 valence electrons. The standard InChI is InChI=1S/C16H20N2O2S/c1-16(2,15-18-13(7-8-17)10-21-15)9-11-3-5-12(6-4-11)14(19)20/h3-6,10H,7-9,17H2,1-2H3,(H,19,20). The lowest BCUT2D eigenvalue weighted by molar-refractivity contribution is 0.0697. The fourth-order valence-corrected chi connectivity index (χ4v) is 3.21. The first-order valence-corrected chi connectivity index (χ1v) is 7.77. The number of rotatable bonds is 6. The Bertz CT molecular complexity index is 617. The molecular formula is C16H20N2O2S. The Morgan fingerprint density at radius 3 is 2.57 bits per heavy atom. The molecule has 0 amide bonds. The van der Waals surface area contributed by atoms with Crippen LogP contribution in [-0.4, -0.2) is 22.6 Å². The van der Waals surface area contributed by atoms with E-state index in [9.17, 15) is 4.79 Å². The molecule has 0 bridgehead atoms. The lowest BCUT2D eigenvalue weighted by atomic mass is 9.86. The van der Waals surface area contributed by atoms with Crippen molar-refractivity contribution in [1.82, 2.24) is 4.98 Å². The Morgan fingerprint density at radius 2 is 2.00 bits per heavy atom. The van der Waals surface area contributed by atoms with Crippen molar-refractivity contribution in [2.45, 2.75) is 32.1 Å². The predicted molar refractivity (Wildman–Crippen MR) is 85.0 cm³/mol. The van der Waals surface area contributed by atoms with Crippen LogP contribution in [0, 0.1) is 0 Å². The molecule has 0 spiro atoms. The van der Waals surface area contributed by atoms with Gasteiger partial charge in [-0.1, -0.05) is 26.0 Å². The molecule has 1 aromatic carbocycles. The number of thiazole rings is 1. The number of hydrogen-bond donors (Lipinski definition) is 2. The van der Waals surface area contributed by atoms with E-state index >= 15 is 0 Å². The van der Waals surface area contributed by atoms with Gasteiger partial charge in [0.25, 0.3) is 0 Å². The van der Waals surface area contributed by atoms with Crippen LogP contribution >= 0.6 is 11.3 Å². The number of hydrogen-bond acceptors (Lipinski definition) is 4. The van der Waals surface area contributed by atoms with Crippen molar-refractivity contribution < 1.29 is 9.90 Å². The molecule has 2 aromatic rings. The third-order valence-corrected chi connectivity index (χ3v) is 4.64. The summed E-state index contributed by atoms with van der Waals surface area (Å²) in [4.78, 5) is 15.5. The zero-order valence-electron chi connectivity index (χ0n) is 12.3. The summed E-state index contributed by atoms with van der Waals surface area (Å²) in [7, 11) is 0. The lowest BCUT2D eigenvalue weighted by Gasteiger charge is -2.22. The molecule has 1 heterocycles. The van der Waals surface area contributed by atoms with Crippen molar-refractivity contribution in [3.63, 3.8) is 0 Å². The molecule has 0 atom stereocenters. The fraction of sp³-hybridized carbons (Fsp3) is 0.375. The predicted octanol–water partition coefficient (Wildman–Crippen LogP) is 2.86. The van der Waals surface area contributed by atoms with Gasteiger partial charge in [0, 0.05) is 17.2 Å². The number of carbonyl (C=O) groups is 1. The molecule has 0 unspecified atom stereocenters. The minimum atomic E-state index is -0.896. The summed E-state index contributed by atoms with van der Waals surface area (Å²) in [6.07, 6.45) is 1.63. The number of aromatic carboxylic acids is 1. The van der Waals surface area contributed by atoms with Crippen LogP contribution in [0.15, 0.2) is 29.6 Å². The van der Waals surface area contributed by atoms with E-state index in [1.807, 2.05) is 12.1 Å². The first-order valence-electron chi connectivity index (χ1n) is 6.89. The maximum absolute atomic E-state index is 10.9. The molecule has 0 radical (unpaired) electrons. The van der Waals surface area contributed by atoms with Gasteiger partial charge in [-0.15, -0.1) is 11.3 Å². The SMILES string of the molecule is CC(C)(Cc1ccc(C(=O)O)cc1)c1nc(CCN)cs1. The minimum Gasteiger partial charge on any atom is -0.478 e. The van der Waals surface area contributed by atoms with Crippen LogP contribution in [-0.2, 0) is 18.3 Å². The first kappa shape index (κ1) is 15.7. The third kappa shape index (κ3) is 3.89. The molecule has 0 saturated heterocycles. The number of carboxylic acids is 1. The molecule has 3 N–H and O–H groups in total. The average molecular weight is 304 g/mol. The molecule has 4 nitrogen and oxygen atoms in total. The fourth-order valence-electron chi connectivity index (χ4n) is 2.23. The minimum absolute atomic E-state index is 0.0811. The summed E-state index contributed by atoms with van der Waals surface area (Å²) in [6.45, 7) is 4.92. The van der Waals surface area contributed by atoms with Crippen molar-refractivity contribution in [2.24, 2.45) is 5.73 Å². The van der Waals surface area contributed by atoms with Gasteiger partial charge in [0.05, 0.1) is 16.3 Å². The summed E-state index contributed by atoms with van der Waals surface area (Å²) in [5, 5.41) is 12.1. The van der Waals surface area contributed by atoms with E-state index in [0.717, 1.165) is 29.1 Å². The van der Waals surface area contributed by atoms with Crippen LogP contribution < -0.4 is 5.73 Å². The Kier molecular flexibility index (Phi) is 4.75. The maximum atomic E-state index is 10.9. The van der Waals surface area contributed by atoms with E-state index in [0.29, 0.717) is 12.1 Å². The quantitative estimate of drug-likeness (QED) is 0.860. The van der Waals surface area contributed by atoms with Crippen molar-refractivity contribution in [3.8, 4) is 0 Å². The van der Waals surface area contributed by atoms with E-state index in [1.54, 1.807) is 23.5 Å². The first-order chi connectivity index (χ1) is 9.92. The summed E-state index contributed by atoms with van der Waals surface area (Å²) in [5.74, 6) is -0.896. The lowest BCUT2D eigenvalue weighted by Crippen LogP contribution is -2.20. The average Bonchev–Trinajstić information content (AvgIpc) is 2.89. The number of nitrogens with two attached hydrogens (primary N) is 1. The van der Waals surface area contributed by atoms with E-state index in [1.165, 1.54) is 0 Å². The highest BCUT2D eigenvalue weighted by Gasteiger charge is 2.24. The Balaban J connectivity index is 2.13. The smallest absolute Gasteiger partial charge is 0.335 e. The number of carboxylic acid groups (broad SMARTS) is 1. The van der Waals surface area contributed by atoms with Crippen LogP contribution in [0.1, 0.15) is 40.5 Å². The summed E-state index contributed by atoms with van der Waals surface area (Å²) in [5.41, 5.74) is 7.95. The molecule has 0 aliphatic heterocycles. The Hall–Kier alpha value is -1.72. The second-order valence-corrected chi connectivity index (χ2v) is 6.60. The number of nitrogens with zero attached hydrogens (tertiary/aromatic N) is 1. The zero-order valence-corrected chi connectivity index (χ0v) is 13.1. The maximum Gasteiger partial charge on any atom is 0.335 e. The molecule has 0 saturated carbocycles. The largest absolute Gasteiger partial charge is 0.478 e. The molecule has 0 fully saturated rings. The van der Waals surface area contributed by atoms with Crippen LogP contribution in [0.2, 0.25) is 0 Å². The molecule has 21 heavy (non-hydrogen) atoms. The van der Waals surface area contributed by atoms with Gasteiger partial charge >= 0.3 is 5.97 Å². The highest BCUT2D eigenvalue weighted by atomic mass is 32.1. The topological polar surface area (TPSA) is 76.2 Å². The highest BCUT2D eigenvalue weighted by Crippen LogP contribution is 2.30. The second-order valence-electron chi connectivity index (χ2n) is 5.75. The van der Waals surface area contributed by atoms with E-state index in [2.05, 4.69) is 24.2 Å². The van der Waals surface area contributed by atoms with Crippen LogP contribution in [0.4, 0.5) is 0 Å². The summed E-state index contributed by atoms with van der Waals surface area (Å²) in [6, 6.07) is 7.05. The van der Waals surface area contributed by atoms with Crippen LogP contribution in [0.5, 0.6) is 0 Å². The van der Waals surface area contributed by atoms with Crippen LogP contribution in [0.3, 0.4) is 0 Å². The third-order valence-electron chi connectivity index (χ3n) is 3.38. The van der Waals surface area contributed by atoms with Gasteiger partial charge < -0.3 is 10.8 Å². The van der Waals surface area contributed by atoms with Gasteiger partial charge in [0.1, 0.15) is 0 Å². The summed E-state index contributed by atoms with van der Waals surface area (Å²) >= 11 is 1.66. The van der Waals surface area contributed by atoms with Gasteiger partial charge in [-0.05, 0) is 30.7 Å². The highest BCUT2D eigenvalue weighted by molar-refractivity contribution is 7.09. The second kappa shape index (κ2) is 6.37. The Morgan fingerprint density at radius 1 is 1.33 bits per heavy atom. The number of aromatic nitrogens is 1. The van der Waals surface area contributed by atoms with E-state index < -0.39 is 5.97 Å². The van der Waals surface area contributed by atoms with Gasteiger partial charge in [-0.25, -0.2) is 9.78 Å². The van der Waals surface area contributed by atoms with Crippen molar-refractivity contribution >= 4 is 17.3 Å². The monoisotopic (exact) mass is 304 g/mol. The van der Waals surface area contributed by atoms with Crippen molar-refractivity contribution in [2.75, 3.05) is 6.54 Å². The van der Waals surface area contributed by atoms with Crippen molar-refractivity contribution in [1.29, 1.82) is 0 Å². The van der Waals surface area contributed by atoms with Crippen LogP contribution in [0.25, 0.3) is 0 Å². The normalized spacial score (nSPS) is 11.6. The molecule has 0 aliphatic carbocycles. The van der Waals surface area contributed by atoms with Gasteiger partial charge in [0.2, 0.25) is 0 Å². The van der Waals surface area contributed by atoms with Crippen molar-refractivity contribution in [3.05, 3.63) is 51.5 Å². The van der Waals surface area contributed by atoms with E-state index in [4.69, 9.17) is 10.8 Å². The summed E-state index contributed by atoms with van der Waals surface area (Å²) < 4.78 is 0. The zero-order chi connectivity index (χ0) is 15.5. The Labute approximate surface area is 128 Å². The van der Waals surface area contributed by atoms with Gasteiger partial charge in [0.15, 0.2) is 0 Å². The molecular weight excluding hydrogens is 284 g/mol. The number of benzene rings is 1. The van der Waals surface area contributed by atoms with Gasteiger partial charge in [-0.3, -0.25) is 0 Å².